The van der Waals surface area contributed by atoms with E-state index in [1.165, 1.54) is 35.1 Å². The summed E-state index contributed by atoms with van der Waals surface area (Å²) in [6.45, 7) is 6.50. The lowest BCUT2D eigenvalue weighted by molar-refractivity contribution is -0.384. The van der Waals surface area contributed by atoms with Crippen LogP contribution >= 0.6 is 35.3 Å². The van der Waals surface area contributed by atoms with Crippen molar-refractivity contribution in [3.05, 3.63) is 62.7 Å². The zero-order valence-corrected chi connectivity index (χ0v) is 21.1. The number of hydrogen-bond acceptors (Lipinski definition) is 7. The highest BCUT2D eigenvalue weighted by atomic mass is 35.5. The van der Waals surface area contributed by atoms with Crippen LogP contribution in [-0.2, 0) is 11.2 Å². The summed E-state index contributed by atoms with van der Waals surface area (Å²) in [5.41, 5.74) is 1.95. The molecule has 8 nitrogen and oxygen atoms in total. The summed E-state index contributed by atoms with van der Waals surface area (Å²) in [5.74, 6) is -0.388. The molecule has 4 rings (SSSR count). The predicted octanol–water partition coefficient (Wildman–Crippen LogP) is 5.21. The van der Waals surface area contributed by atoms with Gasteiger partial charge in [0, 0.05) is 38.3 Å². The third-order valence-electron chi connectivity index (χ3n) is 5.68. The number of rotatable bonds is 8. The Bertz CT molecular complexity index is 1170. The van der Waals surface area contributed by atoms with Gasteiger partial charge in [0.25, 0.3) is 11.6 Å². The molecule has 1 aliphatic rings. The number of carbonyl (C=O) groups is 1. The van der Waals surface area contributed by atoms with Crippen LogP contribution in [0.4, 0.5) is 10.8 Å². The Balaban J connectivity index is 0.00000324. The lowest BCUT2D eigenvalue weighted by Crippen LogP contribution is -2.39. The average Bonchev–Trinajstić information content (AvgIpc) is 3.25. The molecule has 0 bridgehead atoms. The third kappa shape index (κ3) is 6.03. The molecule has 34 heavy (non-hydrogen) atoms. The summed E-state index contributed by atoms with van der Waals surface area (Å²) in [4.78, 5) is 32.9. The molecule has 1 amide bonds. The van der Waals surface area contributed by atoms with Crippen molar-refractivity contribution in [1.29, 1.82) is 0 Å². The van der Waals surface area contributed by atoms with Crippen LogP contribution in [-0.4, -0.2) is 60.1 Å². The molecule has 2 heterocycles. The molecule has 11 heteroatoms. The number of nitrogens with zero attached hydrogens (tertiary/aromatic N) is 4. The van der Waals surface area contributed by atoms with Gasteiger partial charge in [-0.15, -0.1) is 12.4 Å². The first-order valence-corrected chi connectivity index (χ1v) is 12.1. The fourth-order valence-electron chi connectivity index (χ4n) is 3.79. The standard InChI is InChI=1S/C23H25ClN4O4S.ClH/c1-2-16-4-7-20-21(14-16)33-23(25-20)27(9-3-8-26-10-12-32-13-11-26)22(29)18-15-17(28(30)31)5-6-19(18)24;/h4-7,14-15H,2-3,8-13H2,1H3;1H. The fourth-order valence-corrected chi connectivity index (χ4v) is 5.04. The SMILES string of the molecule is CCc1ccc2nc(N(CCCN3CCOCC3)C(=O)c3cc([N+](=O)[O-])ccc3Cl)sc2c1.Cl. The first-order valence-electron chi connectivity index (χ1n) is 10.9. The van der Waals surface area contributed by atoms with Gasteiger partial charge >= 0.3 is 0 Å². The highest BCUT2D eigenvalue weighted by molar-refractivity contribution is 7.22. The number of fused-ring (bicyclic) bond motifs is 1. The second-order valence-corrected chi connectivity index (χ2v) is 9.25. The zero-order valence-electron chi connectivity index (χ0n) is 18.7. The second-order valence-electron chi connectivity index (χ2n) is 7.84. The first-order chi connectivity index (χ1) is 16.0. The highest BCUT2D eigenvalue weighted by Crippen LogP contribution is 2.32. The number of non-ortho nitro benzene ring substituents is 1. The highest BCUT2D eigenvalue weighted by Gasteiger charge is 2.25. The van der Waals surface area contributed by atoms with Crippen LogP contribution in [0.2, 0.25) is 5.02 Å². The molecule has 1 aliphatic heterocycles. The minimum Gasteiger partial charge on any atom is -0.379 e. The number of aromatic nitrogens is 1. The first kappa shape index (κ1) is 26.3. The van der Waals surface area contributed by atoms with Gasteiger partial charge in [-0.05, 0) is 36.6 Å². The van der Waals surface area contributed by atoms with Crippen molar-refractivity contribution in [1.82, 2.24) is 9.88 Å². The molecular weight excluding hydrogens is 499 g/mol. The zero-order chi connectivity index (χ0) is 23.4. The number of ether oxygens (including phenoxy) is 1. The molecule has 0 radical (unpaired) electrons. The van der Waals surface area contributed by atoms with Gasteiger partial charge in [-0.2, -0.15) is 0 Å². The van der Waals surface area contributed by atoms with Gasteiger partial charge in [-0.3, -0.25) is 24.7 Å². The van der Waals surface area contributed by atoms with Crippen LogP contribution in [0.1, 0.15) is 29.3 Å². The van der Waals surface area contributed by atoms with Gasteiger partial charge < -0.3 is 4.74 Å². The van der Waals surface area contributed by atoms with E-state index in [1.54, 1.807) is 4.90 Å². The molecular formula is C23H26Cl2N4O4S. The van der Waals surface area contributed by atoms with Gasteiger partial charge in [0.1, 0.15) is 0 Å². The van der Waals surface area contributed by atoms with Crippen molar-refractivity contribution in [3.8, 4) is 0 Å². The van der Waals surface area contributed by atoms with E-state index < -0.39 is 4.92 Å². The molecule has 1 aromatic heterocycles. The predicted molar refractivity (Wildman–Crippen MR) is 138 cm³/mol. The van der Waals surface area contributed by atoms with Gasteiger partial charge in [0.2, 0.25) is 0 Å². The number of thiazole rings is 1. The normalized spacial score (nSPS) is 14.1. The molecule has 3 aromatic rings. The largest absolute Gasteiger partial charge is 0.379 e. The van der Waals surface area contributed by atoms with Crippen molar-refractivity contribution in [2.24, 2.45) is 0 Å². The summed E-state index contributed by atoms with van der Waals surface area (Å²) < 4.78 is 6.40. The molecule has 1 saturated heterocycles. The molecule has 0 aliphatic carbocycles. The quantitative estimate of drug-likeness (QED) is 0.296. The van der Waals surface area contributed by atoms with Crippen molar-refractivity contribution in [2.75, 3.05) is 44.3 Å². The van der Waals surface area contributed by atoms with Crippen molar-refractivity contribution in [3.63, 3.8) is 0 Å². The Morgan fingerprint density at radius 2 is 2.03 bits per heavy atom. The summed E-state index contributed by atoms with van der Waals surface area (Å²) in [6, 6.07) is 10.0. The van der Waals surface area contributed by atoms with Gasteiger partial charge in [-0.25, -0.2) is 4.98 Å². The number of morpholine rings is 1. The van der Waals surface area contributed by atoms with Crippen LogP contribution in [0.25, 0.3) is 10.2 Å². The number of nitro benzene ring substituents is 1. The number of nitro groups is 1. The van der Waals surface area contributed by atoms with Crippen molar-refractivity contribution >= 4 is 62.3 Å². The maximum absolute atomic E-state index is 13.6. The lowest BCUT2D eigenvalue weighted by atomic mass is 10.1. The maximum Gasteiger partial charge on any atom is 0.270 e. The van der Waals surface area contributed by atoms with Crippen LogP contribution < -0.4 is 4.90 Å². The topological polar surface area (TPSA) is 88.8 Å². The van der Waals surface area contributed by atoms with E-state index in [2.05, 4.69) is 17.9 Å². The molecule has 1 fully saturated rings. The minimum absolute atomic E-state index is 0. The van der Waals surface area contributed by atoms with Gasteiger partial charge in [-0.1, -0.05) is 35.9 Å². The Morgan fingerprint density at radius 3 is 2.74 bits per heavy atom. The van der Waals surface area contributed by atoms with Crippen LogP contribution in [0.3, 0.4) is 0 Å². The number of halogens is 2. The summed E-state index contributed by atoms with van der Waals surface area (Å²) in [5, 5.41) is 12.0. The molecule has 0 atom stereocenters. The van der Waals surface area contributed by atoms with E-state index in [-0.39, 0.29) is 34.6 Å². The average molecular weight is 525 g/mol. The summed E-state index contributed by atoms with van der Waals surface area (Å²) >= 11 is 7.74. The van der Waals surface area contributed by atoms with Crippen molar-refractivity contribution in [2.45, 2.75) is 19.8 Å². The Hall–Kier alpha value is -2.30. The van der Waals surface area contributed by atoms with E-state index in [4.69, 9.17) is 21.3 Å². The maximum atomic E-state index is 13.6. The number of aryl methyl sites for hydroxylation is 1. The molecule has 0 unspecified atom stereocenters. The lowest BCUT2D eigenvalue weighted by Gasteiger charge is -2.27. The molecule has 0 spiro atoms. The Morgan fingerprint density at radius 1 is 1.26 bits per heavy atom. The summed E-state index contributed by atoms with van der Waals surface area (Å²) in [6.07, 6.45) is 1.64. The molecule has 182 valence electrons. The van der Waals surface area contributed by atoms with E-state index in [1.807, 2.05) is 12.1 Å². The molecule has 2 aromatic carbocycles. The van der Waals surface area contributed by atoms with Gasteiger partial charge in [0.05, 0.1) is 38.9 Å². The number of carbonyl (C=O) groups excluding carboxylic acids is 1. The monoisotopic (exact) mass is 524 g/mol. The molecule has 0 saturated carbocycles. The fraction of sp³-hybridized carbons (Fsp3) is 0.391. The number of amides is 1. The Labute approximate surface area is 213 Å². The summed E-state index contributed by atoms with van der Waals surface area (Å²) in [7, 11) is 0. The second kappa shape index (κ2) is 11.9. The minimum atomic E-state index is -0.528. The third-order valence-corrected chi connectivity index (χ3v) is 7.05. The van der Waals surface area contributed by atoms with Crippen LogP contribution in [0.15, 0.2) is 36.4 Å². The van der Waals surface area contributed by atoms with Gasteiger partial charge in [0.15, 0.2) is 5.13 Å². The van der Waals surface area contributed by atoms with E-state index in [0.717, 1.165) is 42.7 Å². The van der Waals surface area contributed by atoms with Crippen LogP contribution in [0.5, 0.6) is 0 Å². The number of anilines is 1. The number of hydrogen-bond donors (Lipinski definition) is 0. The van der Waals surface area contributed by atoms with Crippen molar-refractivity contribution < 1.29 is 14.5 Å². The van der Waals surface area contributed by atoms with E-state index in [9.17, 15) is 14.9 Å². The molecule has 0 N–H and O–H groups in total. The number of benzene rings is 2. The van der Waals surface area contributed by atoms with Crippen LogP contribution in [0, 0.1) is 10.1 Å². The van der Waals surface area contributed by atoms with E-state index in [0.29, 0.717) is 24.9 Å². The smallest absolute Gasteiger partial charge is 0.270 e. The van der Waals surface area contributed by atoms with E-state index >= 15 is 0 Å². The Kier molecular flexibility index (Phi) is 9.21.